The molecule has 7 heteroatoms. The van der Waals surface area contributed by atoms with Crippen LogP contribution in [0.5, 0.6) is 0 Å². The Morgan fingerprint density at radius 1 is 1.04 bits per heavy atom. The maximum Gasteiger partial charge on any atom is 0.251 e. The molecule has 0 saturated heterocycles. The van der Waals surface area contributed by atoms with Gasteiger partial charge in [-0.2, -0.15) is 0 Å². The van der Waals surface area contributed by atoms with E-state index in [-0.39, 0.29) is 10.8 Å². The van der Waals surface area contributed by atoms with Crippen LogP contribution in [0.4, 0.5) is 0 Å². The Balaban J connectivity index is 1.75. The molecule has 140 valence electrons. The third kappa shape index (κ3) is 5.94. The van der Waals surface area contributed by atoms with Crippen molar-refractivity contribution in [3.05, 3.63) is 65.7 Å². The Hall–Kier alpha value is -2.22. The molecule has 0 radical (unpaired) electrons. The first-order chi connectivity index (χ1) is 12.4. The van der Waals surface area contributed by atoms with Crippen LogP contribution in [-0.4, -0.2) is 46.4 Å². The number of hydrogen-bond acceptors (Lipinski definition) is 4. The standard InChI is InChI=1S/C19H25N3O3S/c1-20-26(24,25)18-11-9-17(10-12-18)19(23)21-13-6-14-22(2)15-16-7-4-3-5-8-16/h3-5,7-12,20H,6,13-15H2,1-2H3,(H,21,23). The number of carbonyl (C=O) groups excluding carboxylic acids is 1. The highest BCUT2D eigenvalue weighted by Crippen LogP contribution is 2.10. The van der Waals surface area contributed by atoms with Crippen molar-refractivity contribution in [3.63, 3.8) is 0 Å². The van der Waals surface area contributed by atoms with E-state index >= 15 is 0 Å². The molecule has 0 aliphatic rings. The normalized spacial score (nSPS) is 11.5. The predicted molar refractivity (Wildman–Crippen MR) is 102 cm³/mol. The number of rotatable bonds is 9. The van der Waals surface area contributed by atoms with E-state index in [4.69, 9.17) is 0 Å². The number of nitrogens with one attached hydrogen (secondary N) is 2. The Kier molecular flexibility index (Phi) is 7.32. The monoisotopic (exact) mass is 375 g/mol. The SMILES string of the molecule is CNS(=O)(=O)c1ccc(C(=O)NCCCN(C)Cc2ccccc2)cc1. The molecule has 0 saturated carbocycles. The molecule has 0 spiro atoms. The number of amides is 1. The van der Waals surface area contributed by atoms with Crippen molar-refractivity contribution >= 4 is 15.9 Å². The molecular weight excluding hydrogens is 350 g/mol. The molecule has 2 aromatic rings. The van der Waals surface area contributed by atoms with Crippen molar-refractivity contribution in [1.29, 1.82) is 0 Å². The summed E-state index contributed by atoms with van der Waals surface area (Å²) < 4.78 is 25.6. The zero-order valence-electron chi connectivity index (χ0n) is 15.1. The van der Waals surface area contributed by atoms with E-state index in [0.29, 0.717) is 12.1 Å². The van der Waals surface area contributed by atoms with Crippen LogP contribution >= 0.6 is 0 Å². The van der Waals surface area contributed by atoms with Gasteiger partial charge in [-0.3, -0.25) is 4.79 Å². The van der Waals surface area contributed by atoms with Crippen LogP contribution in [0.2, 0.25) is 0 Å². The fourth-order valence-electron chi connectivity index (χ4n) is 2.53. The lowest BCUT2D eigenvalue weighted by Crippen LogP contribution is -2.28. The summed E-state index contributed by atoms with van der Waals surface area (Å²) in [5, 5.41) is 2.86. The quantitative estimate of drug-likeness (QED) is 0.656. The van der Waals surface area contributed by atoms with Crippen LogP contribution < -0.4 is 10.0 Å². The Morgan fingerprint density at radius 3 is 2.31 bits per heavy atom. The largest absolute Gasteiger partial charge is 0.352 e. The smallest absolute Gasteiger partial charge is 0.251 e. The number of nitrogens with zero attached hydrogens (tertiary/aromatic N) is 1. The van der Waals surface area contributed by atoms with Gasteiger partial charge in [-0.05, 0) is 56.9 Å². The van der Waals surface area contributed by atoms with Crippen LogP contribution in [-0.2, 0) is 16.6 Å². The van der Waals surface area contributed by atoms with Crippen molar-refractivity contribution < 1.29 is 13.2 Å². The molecule has 0 fully saturated rings. The summed E-state index contributed by atoms with van der Waals surface area (Å²) in [4.78, 5) is 14.5. The van der Waals surface area contributed by atoms with Crippen LogP contribution in [0.15, 0.2) is 59.5 Å². The van der Waals surface area contributed by atoms with Gasteiger partial charge in [0.1, 0.15) is 0 Å². The van der Waals surface area contributed by atoms with Gasteiger partial charge in [0.2, 0.25) is 10.0 Å². The van der Waals surface area contributed by atoms with Gasteiger partial charge in [0.15, 0.2) is 0 Å². The van der Waals surface area contributed by atoms with E-state index in [1.807, 2.05) is 18.2 Å². The predicted octanol–water partition coefficient (Wildman–Crippen LogP) is 1.85. The lowest BCUT2D eigenvalue weighted by atomic mass is 10.2. The molecule has 6 nitrogen and oxygen atoms in total. The van der Waals surface area contributed by atoms with E-state index < -0.39 is 10.0 Å². The Bertz CT molecular complexity index is 806. The van der Waals surface area contributed by atoms with Crippen LogP contribution in [0.1, 0.15) is 22.3 Å². The van der Waals surface area contributed by atoms with Gasteiger partial charge in [-0.25, -0.2) is 13.1 Å². The number of hydrogen-bond donors (Lipinski definition) is 2. The van der Waals surface area contributed by atoms with Crippen molar-refractivity contribution in [2.24, 2.45) is 0 Å². The second-order valence-corrected chi connectivity index (χ2v) is 7.95. The molecule has 26 heavy (non-hydrogen) atoms. The first-order valence-electron chi connectivity index (χ1n) is 8.46. The van der Waals surface area contributed by atoms with Crippen LogP contribution in [0, 0.1) is 0 Å². The number of benzene rings is 2. The van der Waals surface area contributed by atoms with Crippen LogP contribution in [0.25, 0.3) is 0 Å². The lowest BCUT2D eigenvalue weighted by Gasteiger charge is -2.16. The molecule has 2 rings (SSSR count). The summed E-state index contributed by atoms with van der Waals surface area (Å²) in [6.45, 7) is 2.30. The molecule has 0 bridgehead atoms. The average molecular weight is 375 g/mol. The third-order valence-electron chi connectivity index (χ3n) is 3.99. The molecule has 2 aromatic carbocycles. The molecule has 0 aromatic heterocycles. The second-order valence-electron chi connectivity index (χ2n) is 6.06. The summed E-state index contributed by atoms with van der Waals surface area (Å²) >= 11 is 0. The van der Waals surface area contributed by atoms with Crippen molar-refractivity contribution in [2.75, 3.05) is 27.2 Å². The Morgan fingerprint density at radius 2 is 1.69 bits per heavy atom. The molecule has 0 unspecified atom stereocenters. The Labute approximate surface area is 155 Å². The highest BCUT2D eigenvalue weighted by molar-refractivity contribution is 7.89. The van der Waals surface area contributed by atoms with Crippen molar-refractivity contribution in [3.8, 4) is 0 Å². The maximum atomic E-state index is 12.1. The van der Waals surface area contributed by atoms with Gasteiger partial charge in [0, 0.05) is 18.7 Å². The molecule has 0 heterocycles. The molecular formula is C19H25N3O3S. The molecule has 0 atom stereocenters. The van der Waals surface area contributed by atoms with Crippen molar-refractivity contribution in [2.45, 2.75) is 17.9 Å². The highest BCUT2D eigenvalue weighted by atomic mass is 32.2. The van der Waals surface area contributed by atoms with Gasteiger partial charge in [0.05, 0.1) is 4.90 Å². The fourth-order valence-corrected chi connectivity index (χ4v) is 3.26. The molecule has 0 aliphatic heterocycles. The summed E-state index contributed by atoms with van der Waals surface area (Å²) in [5.41, 5.74) is 1.70. The molecule has 2 N–H and O–H groups in total. The number of sulfonamides is 1. The topological polar surface area (TPSA) is 78.5 Å². The zero-order chi connectivity index (χ0) is 19.0. The summed E-state index contributed by atoms with van der Waals surface area (Å²) in [5.74, 6) is -0.205. The minimum absolute atomic E-state index is 0.138. The summed E-state index contributed by atoms with van der Waals surface area (Å²) in [6, 6.07) is 16.1. The van der Waals surface area contributed by atoms with Gasteiger partial charge < -0.3 is 10.2 Å². The first kappa shape index (κ1) is 20.1. The van der Waals surface area contributed by atoms with E-state index in [1.54, 1.807) is 0 Å². The second kappa shape index (κ2) is 9.47. The average Bonchev–Trinajstić information content (AvgIpc) is 2.66. The molecule has 0 aliphatic carbocycles. The van der Waals surface area contributed by atoms with Crippen LogP contribution in [0.3, 0.4) is 0 Å². The molecule has 1 amide bonds. The maximum absolute atomic E-state index is 12.1. The highest BCUT2D eigenvalue weighted by Gasteiger charge is 2.12. The van der Waals surface area contributed by atoms with Gasteiger partial charge in [-0.1, -0.05) is 30.3 Å². The van der Waals surface area contributed by atoms with E-state index in [9.17, 15) is 13.2 Å². The van der Waals surface area contributed by atoms with E-state index in [0.717, 1.165) is 19.5 Å². The minimum atomic E-state index is -3.48. The first-order valence-corrected chi connectivity index (χ1v) is 9.95. The minimum Gasteiger partial charge on any atom is -0.352 e. The zero-order valence-corrected chi connectivity index (χ0v) is 15.9. The van der Waals surface area contributed by atoms with Gasteiger partial charge in [0.25, 0.3) is 5.91 Å². The van der Waals surface area contributed by atoms with Gasteiger partial charge in [-0.15, -0.1) is 0 Å². The number of carbonyl (C=O) groups is 1. The lowest BCUT2D eigenvalue weighted by molar-refractivity contribution is 0.0952. The van der Waals surface area contributed by atoms with Crippen molar-refractivity contribution in [1.82, 2.24) is 14.9 Å². The fraction of sp³-hybridized carbons (Fsp3) is 0.316. The van der Waals surface area contributed by atoms with E-state index in [1.165, 1.54) is 36.9 Å². The summed E-state index contributed by atoms with van der Waals surface area (Å²) in [7, 11) is -0.0809. The van der Waals surface area contributed by atoms with E-state index in [2.05, 4.69) is 34.1 Å². The van der Waals surface area contributed by atoms with Gasteiger partial charge >= 0.3 is 0 Å². The summed E-state index contributed by atoms with van der Waals surface area (Å²) in [6.07, 6.45) is 0.835. The third-order valence-corrected chi connectivity index (χ3v) is 5.42.